The fraction of sp³-hybridized carbons (Fsp3) is 0.667. The molecule has 1 saturated heterocycles. The van der Waals surface area contributed by atoms with Gasteiger partial charge in [-0.25, -0.2) is 4.98 Å². The summed E-state index contributed by atoms with van der Waals surface area (Å²) in [7, 11) is 0. The Hall–Kier alpha value is -0.320. The first-order valence-corrected chi connectivity index (χ1v) is 5.67. The molecule has 1 fully saturated rings. The van der Waals surface area contributed by atoms with E-state index in [0.717, 1.165) is 17.6 Å². The number of thiazole rings is 1. The molecule has 0 aromatic carbocycles. The summed E-state index contributed by atoms with van der Waals surface area (Å²) in [6.45, 7) is 3.42. The van der Waals surface area contributed by atoms with E-state index in [1.54, 1.807) is 11.3 Å². The Kier molecular flexibility index (Phi) is 5.22. The van der Waals surface area contributed by atoms with Crippen LogP contribution >= 0.6 is 23.7 Å². The van der Waals surface area contributed by atoms with Crippen LogP contribution in [0.2, 0.25) is 0 Å². The van der Waals surface area contributed by atoms with Crippen molar-refractivity contribution >= 4 is 28.9 Å². The predicted molar refractivity (Wildman–Crippen MR) is 63.4 cm³/mol. The van der Waals surface area contributed by atoms with Crippen LogP contribution in [-0.2, 0) is 0 Å². The third kappa shape index (κ3) is 3.44. The molecular formula is C9H16ClN3S. The van der Waals surface area contributed by atoms with Crippen LogP contribution in [0, 0.1) is 5.92 Å². The number of anilines is 1. The molecule has 0 saturated carbocycles. The standard InChI is InChI=1S/C9H15N3S.ClH/c1-3-10-4-2-8(1)7-12-9-11-5-6-13-9;/h5-6,8,10H,1-4,7H2,(H,11,12);1H. The highest BCUT2D eigenvalue weighted by Gasteiger charge is 2.12. The van der Waals surface area contributed by atoms with Crippen molar-refractivity contribution in [2.24, 2.45) is 5.92 Å². The smallest absolute Gasteiger partial charge is 0.182 e. The summed E-state index contributed by atoms with van der Waals surface area (Å²) in [4.78, 5) is 4.19. The van der Waals surface area contributed by atoms with Crippen LogP contribution in [0.25, 0.3) is 0 Å². The van der Waals surface area contributed by atoms with Gasteiger partial charge in [0.05, 0.1) is 0 Å². The molecule has 14 heavy (non-hydrogen) atoms. The first kappa shape index (κ1) is 11.8. The van der Waals surface area contributed by atoms with Gasteiger partial charge < -0.3 is 10.6 Å². The monoisotopic (exact) mass is 233 g/mol. The summed E-state index contributed by atoms with van der Waals surface area (Å²) < 4.78 is 0. The van der Waals surface area contributed by atoms with Crippen LogP contribution < -0.4 is 10.6 Å². The molecule has 0 radical (unpaired) electrons. The number of halogens is 1. The number of rotatable bonds is 3. The molecule has 0 unspecified atom stereocenters. The van der Waals surface area contributed by atoms with E-state index < -0.39 is 0 Å². The Balaban J connectivity index is 0.000000980. The van der Waals surface area contributed by atoms with E-state index in [4.69, 9.17) is 0 Å². The van der Waals surface area contributed by atoms with Gasteiger partial charge >= 0.3 is 0 Å². The minimum atomic E-state index is 0. The number of hydrogen-bond acceptors (Lipinski definition) is 4. The topological polar surface area (TPSA) is 37.0 Å². The van der Waals surface area contributed by atoms with Crippen molar-refractivity contribution in [3.05, 3.63) is 11.6 Å². The lowest BCUT2D eigenvalue weighted by atomic mass is 9.98. The molecule has 5 heteroatoms. The van der Waals surface area contributed by atoms with Crippen LogP contribution in [0.15, 0.2) is 11.6 Å². The highest BCUT2D eigenvalue weighted by molar-refractivity contribution is 7.13. The molecule has 1 aromatic rings. The van der Waals surface area contributed by atoms with E-state index in [1.165, 1.54) is 25.9 Å². The summed E-state index contributed by atoms with van der Waals surface area (Å²) >= 11 is 1.67. The first-order valence-electron chi connectivity index (χ1n) is 4.79. The Morgan fingerprint density at radius 3 is 2.93 bits per heavy atom. The van der Waals surface area contributed by atoms with E-state index in [1.807, 2.05) is 11.6 Å². The van der Waals surface area contributed by atoms with Crippen molar-refractivity contribution < 1.29 is 0 Å². The second-order valence-corrected chi connectivity index (χ2v) is 4.31. The molecule has 0 atom stereocenters. The van der Waals surface area contributed by atoms with Crippen molar-refractivity contribution in [3.8, 4) is 0 Å². The molecule has 0 spiro atoms. The van der Waals surface area contributed by atoms with Gasteiger partial charge in [0.1, 0.15) is 0 Å². The molecule has 0 amide bonds. The molecule has 2 N–H and O–H groups in total. The van der Waals surface area contributed by atoms with E-state index in [0.29, 0.717) is 0 Å². The third-order valence-corrected chi connectivity index (χ3v) is 3.16. The maximum absolute atomic E-state index is 4.19. The number of piperidine rings is 1. The Bertz CT molecular complexity index is 234. The fourth-order valence-electron chi connectivity index (χ4n) is 1.63. The number of hydrogen-bond donors (Lipinski definition) is 2. The Labute approximate surface area is 94.7 Å². The molecule has 3 nitrogen and oxygen atoms in total. The van der Waals surface area contributed by atoms with Gasteiger partial charge in [0.25, 0.3) is 0 Å². The van der Waals surface area contributed by atoms with Crippen LogP contribution in [-0.4, -0.2) is 24.6 Å². The van der Waals surface area contributed by atoms with Gasteiger partial charge in [0.15, 0.2) is 5.13 Å². The average Bonchev–Trinajstić information content (AvgIpc) is 2.69. The molecule has 1 aliphatic heterocycles. The summed E-state index contributed by atoms with van der Waals surface area (Å²) in [6, 6.07) is 0. The van der Waals surface area contributed by atoms with Gasteiger partial charge in [-0.2, -0.15) is 0 Å². The van der Waals surface area contributed by atoms with Crippen molar-refractivity contribution in [2.45, 2.75) is 12.8 Å². The highest BCUT2D eigenvalue weighted by atomic mass is 35.5. The highest BCUT2D eigenvalue weighted by Crippen LogP contribution is 2.15. The lowest BCUT2D eigenvalue weighted by Crippen LogP contribution is -2.31. The zero-order chi connectivity index (χ0) is 8.93. The number of nitrogens with one attached hydrogen (secondary N) is 2. The van der Waals surface area contributed by atoms with Crippen LogP contribution in [0.4, 0.5) is 5.13 Å². The largest absolute Gasteiger partial charge is 0.361 e. The zero-order valence-corrected chi connectivity index (χ0v) is 9.66. The van der Waals surface area contributed by atoms with Gasteiger partial charge in [0, 0.05) is 18.1 Å². The van der Waals surface area contributed by atoms with E-state index in [2.05, 4.69) is 15.6 Å². The first-order chi connectivity index (χ1) is 6.45. The number of nitrogens with zero attached hydrogens (tertiary/aromatic N) is 1. The van der Waals surface area contributed by atoms with Crippen LogP contribution in [0.1, 0.15) is 12.8 Å². The Morgan fingerprint density at radius 2 is 2.29 bits per heavy atom. The van der Waals surface area contributed by atoms with Crippen molar-refractivity contribution in [2.75, 3.05) is 25.0 Å². The van der Waals surface area contributed by atoms with E-state index in [-0.39, 0.29) is 12.4 Å². The van der Waals surface area contributed by atoms with Crippen molar-refractivity contribution in [3.63, 3.8) is 0 Å². The molecule has 1 aromatic heterocycles. The zero-order valence-electron chi connectivity index (χ0n) is 8.03. The molecule has 80 valence electrons. The van der Waals surface area contributed by atoms with E-state index >= 15 is 0 Å². The van der Waals surface area contributed by atoms with Gasteiger partial charge in [-0.15, -0.1) is 23.7 Å². The minimum Gasteiger partial charge on any atom is -0.361 e. The predicted octanol–water partition coefficient (Wildman–Crippen LogP) is 1.98. The third-order valence-electron chi connectivity index (χ3n) is 2.43. The Morgan fingerprint density at radius 1 is 1.50 bits per heavy atom. The van der Waals surface area contributed by atoms with Gasteiger partial charge in [-0.05, 0) is 31.8 Å². The molecule has 1 aliphatic rings. The molecule has 0 aliphatic carbocycles. The second kappa shape index (κ2) is 6.22. The van der Waals surface area contributed by atoms with E-state index in [9.17, 15) is 0 Å². The summed E-state index contributed by atoms with van der Waals surface area (Å²) in [5.41, 5.74) is 0. The maximum atomic E-state index is 4.19. The molecule has 0 bridgehead atoms. The maximum Gasteiger partial charge on any atom is 0.182 e. The van der Waals surface area contributed by atoms with Crippen LogP contribution in [0.3, 0.4) is 0 Å². The summed E-state index contributed by atoms with van der Waals surface area (Å²) in [5.74, 6) is 0.824. The molecule has 2 rings (SSSR count). The lowest BCUT2D eigenvalue weighted by molar-refractivity contribution is 0.390. The van der Waals surface area contributed by atoms with Crippen molar-refractivity contribution in [1.82, 2.24) is 10.3 Å². The average molecular weight is 234 g/mol. The number of aromatic nitrogens is 1. The lowest BCUT2D eigenvalue weighted by Gasteiger charge is -2.22. The normalized spacial score (nSPS) is 17.4. The summed E-state index contributed by atoms with van der Waals surface area (Å²) in [5, 5.41) is 9.80. The quantitative estimate of drug-likeness (QED) is 0.839. The van der Waals surface area contributed by atoms with Crippen LogP contribution in [0.5, 0.6) is 0 Å². The van der Waals surface area contributed by atoms with Gasteiger partial charge in [-0.3, -0.25) is 0 Å². The second-order valence-electron chi connectivity index (χ2n) is 3.41. The van der Waals surface area contributed by atoms with Crippen molar-refractivity contribution in [1.29, 1.82) is 0 Å². The molecular weight excluding hydrogens is 218 g/mol. The fourth-order valence-corrected chi connectivity index (χ4v) is 2.17. The minimum absolute atomic E-state index is 0. The summed E-state index contributed by atoms with van der Waals surface area (Å²) in [6.07, 6.45) is 4.42. The molecule has 2 heterocycles. The van der Waals surface area contributed by atoms with Gasteiger partial charge in [0.2, 0.25) is 0 Å². The SMILES string of the molecule is Cl.c1csc(NCC2CCNCC2)n1. The van der Waals surface area contributed by atoms with Gasteiger partial charge in [-0.1, -0.05) is 0 Å².